The van der Waals surface area contributed by atoms with Gasteiger partial charge in [0.2, 0.25) is 0 Å². The van der Waals surface area contributed by atoms with Gasteiger partial charge in [0.05, 0.1) is 0 Å². The van der Waals surface area contributed by atoms with Crippen molar-refractivity contribution < 1.29 is 9.53 Å². The Balaban J connectivity index is 2.35. The molecule has 130 valence electrons. The van der Waals surface area contributed by atoms with Crippen LogP contribution in [0.3, 0.4) is 0 Å². The highest BCUT2D eigenvalue weighted by Gasteiger charge is 2.25. The summed E-state index contributed by atoms with van der Waals surface area (Å²) in [4.78, 5) is 11.7. The molecule has 1 amide bonds. The van der Waals surface area contributed by atoms with Gasteiger partial charge in [-0.1, -0.05) is 57.7 Å². The number of nitrogens with two attached hydrogens (primary N) is 1. The summed E-state index contributed by atoms with van der Waals surface area (Å²) in [5.41, 5.74) is 8.10. The molecule has 0 heterocycles. The zero-order chi connectivity index (χ0) is 18.2. The van der Waals surface area contributed by atoms with E-state index < -0.39 is 6.09 Å². The smallest absolute Gasteiger partial charge is 0.407 e. The predicted molar refractivity (Wildman–Crippen MR) is 100 cm³/mol. The van der Waals surface area contributed by atoms with Crippen LogP contribution in [0.4, 0.5) is 10.5 Å². The molecule has 1 aromatic rings. The minimum atomic E-state index is -0.458. The van der Waals surface area contributed by atoms with Gasteiger partial charge in [0.25, 0.3) is 0 Å². The van der Waals surface area contributed by atoms with Crippen molar-refractivity contribution in [3.63, 3.8) is 0 Å². The number of carbonyl (C=O) groups is 1. The van der Waals surface area contributed by atoms with Gasteiger partial charge in [0, 0.05) is 12.2 Å². The average Bonchev–Trinajstić information content (AvgIpc) is 2.57. The maximum Gasteiger partial charge on any atom is 0.407 e. The van der Waals surface area contributed by atoms with E-state index in [0.29, 0.717) is 18.2 Å². The van der Waals surface area contributed by atoms with Crippen molar-refractivity contribution in [3.05, 3.63) is 66.8 Å². The van der Waals surface area contributed by atoms with Gasteiger partial charge in [-0.25, -0.2) is 4.79 Å². The molecule has 3 N–H and O–H groups in total. The van der Waals surface area contributed by atoms with Gasteiger partial charge in [-0.2, -0.15) is 0 Å². The summed E-state index contributed by atoms with van der Waals surface area (Å²) in [6.45, 7) is 14.9. The van der Waals surface area contributed by atoms with Crippen LogP contribution in [-0.2, 0) is 11.3 Å². The van der Waals surface area contributed by atoms with E-state index in [1.54, 1.807) is 12.1 Å². The second-order valence-electron chi connectivity index (χ2n) is 6.37. The summed E-state index contributed by atoms with van der Waals surface area (Å²) in [6, 6.07) is 7.21. The molecule has 1 atom stereocenters. The van der Waals surface area contributed by atoms with Crippen molar-refractivity contribution in [2.24, 2.45) is 11.3 Å². The Kier molecular flexibility index (Phi) is 7.31. The van der Waals surface area contributed by atoms with Crippen LogP contribution < -0.4 is 11.1 Å². The second kappa shape index (κ2) is 8.96. The summed E-state index contributed by atoms with van der Waals surface area (Å²) < 4.78 is 5.14. The SMILES string of the molecule is C=CC(C)C(C)(C)C(=C)/C=C\CNC(=O)OCc1ccc(N)cc1. The summed E-state index contributed by atoms with van der Waals surface area (Å²) in [6.07, 6.45) is 5.26. The highest BCUT2D eigenvalue weighted by Crippen LogP contribution is 2.35. The quantitative estimate of drug-likeness (QED) is 0.421. The lowest BCUT2D eigenvalue weighted by atomic mass is 9.74. The van der Waals surface area contributed by atoms with Gasteiger partial charge in [-0.05, 0) is 34.6 Å². The minimum Gasteiger partial charge on any atom is -0.445 e. The normalized spacial score (nSPS) is 12.6. The Morgan fingerprint density at radius 1 is 1.38 bits per heavy atom. The standard InChI is InChI=1S/C20H28N2O2/c1-6-15(2)20(4,5)16(3)8-7-13-22-19(23)24-14-17-9-11-18(21)12-10-17/h6-12,15H,1,3,13-14,21H2,2,4-5H3,(H,22,23)/b8-7-. The first-order valence-corrected chi connectivity index (χ1v) is 8.01. The number of rotatable bonds is 8. The number of alkyl carbamates (subject to hydrolysis) is 1. The fraction of sp³-hybridized carbons (Fsp3) is 0.350. The average molecular weight is 328 g/mol. The first kappa shape index (κ1) is 19.6. The van der Waals surface area contributed by atoms with Crippen LogP contribution in [-0.4, -0.2) is 12.6 Å². The Morgan fingerprint density at radius 2 is 2.00 bits per heavy atom. The highest BCUT2D eigenvalue weighted by molar-refractivity contribution is 5.67. The van der Waals surface area contributed by atoms with Crippen LogP contribution in [0.25, 0.3) is 0 Å². The Bertz CT molecular complexity index is 601. The van der Waals surface area contributed by atoms with Gasteiger partial charge in [0.1, 0.15) is 6.61 Å². The van der Waals surface area contributed by atoms with Crippen LogP contribution in [0.5, 0.6) is 0 Å². The van der Waals surface area contributed by atoms with E-state index >= 15 is 0 Å². The summed E-state index contributed by atoms with van der Waals surface area (Å²) >= 11 is 0. The Morgan fingerprint density at radius 3 is 2.58 bits per heavy atom. The van der Waals surface area contributed by atoms with E-state index in [1.165, 1.54) is 0 Å². The van der Waals surface area contributed by atoms with Crippen molar-refractivity contribution in [3.8, 4) is 0 Å². The Labute approximate surface area is 145 Å². The lowest BCUT2D eigenvalue weighted by Crippen LogP contribution is -2.24. The largest absolute Gasteiger partial charge is 0.445 e. The van der Waals surface area contributed by atoms with Gasteiger partial charge in [-0.15, -0.1) is 6.58 Å². The van der Waals surface area contributed by atoms with Crippen LogP contribution in [0.2, 0.25) is 0 Å². The molecule has 0 spiro atoms. The van der Waals surface area contributed by atoms with Crippen molar-refractivity contribution in [1.29, 1.82) is 0 Å². The lowest BCUT2D eigenvalue weighted by Gasteiger charge is -2.30. The zero-order valence-corrected chi connectivity index (χ0v) is 14.8. The lowest BCUT2D eigenvalue weighted by molar-refractivity contribution is 0.141. The molecular weight excluding hydrogens is 300 g/mol. The van der Waals surface area contributed by atoms with Gasteiger partial charge in [-0.3, -0.25) is 0 Å². The third kappa shape index (κ3) is 5.95. The van der Waals surface area contributed by atoms with Crippen molar-refractivity contribution in [1.82, 2.24) is 5.32 Å². The fourth-order valence-corrected chi connectivity index (χ4v) is 1.96. The van der Waals surface area contributed by atoms with Crippen LogP contribution in [0, 0.1) is 11.3 Å². The third-order valence-corrected chi connectivity index (χ3v) is 4.35. The predicted octanol–water partition coefficient (Wildman–Crippen LogP) is 4.46. The molecule has 1 aromatic carbocycles. The number of allylic oxidation sites excluding steroid dienone is 3. The Hall–Kier alpha value is -2.49. The maximum atomic E-state index is 11.7. The van der Waals surface area contributed by atoms with E-state index in [1.807, 2.05) is 30.4 Å². The van der Waals surface area contributed by atoms with E-state index in [-0.39, 0.29) is 12.0 Å². The number of hydrogen-bond donors (Lipinski definition) is 2. The first-order chi connectivity index (χ1) is 11.3. The molecule has 0 aliphatic carbocycles. The summed E-state index contributed by atoms with van der Waals surface area (Å²) in [5, 5.41) is 2.68. The molecule has 0 saturated carbocycles. The molecule has 24 heavy (non-hydrogen) atoms. The van der Waals surface area contributed by atoms with Gasteiger partial charge >= 0.3 is 6.09 Å². The maximum absolute atomic E-state index is 11.7. The number of benzene rings is 1. The van der Waals surface area contributed by atoms with E-state index in [9.17, 15) is 4.79 Å². The molecule has 4 nitrogen and oxygen atoms in total. The van der Waals surface area contributed by atoms with E-state index in [2.05, 4.69) is 39.2 Å². The monoisotopic (exact) mass is 328 g/mol. The topological polar surface area (TPSA) is 64.3 Å². The number of hydrogen-bond acceptors (Lipinski definition) is 3. The van der Waals surface area contributed by atoms with Gasteiger partial charge < -0.3 is 15.8 Å². The number of nitrogen functional groups attached to an aromatic ring is 1. The molecule has 0 saturated heterocycles. The van der Waals surface area contributed by atoms with Crippen LogP contribution >= 0.6 is 0 Å². The van der Waals surface area contributed by atoms with Crippen molar-refractivity contribution in [2.75, 3.05) is 12.3 Å². The summed E-state index contributed by atoms with van der Waals surface area (Å²) in [5.74, 6) is 0.312. The molecule has 0 aliphatic rings. The molecule has 0 radical (unpaired) electrons. The highest BCUT2D eigenvalue weighted by atomic mass is 16.5. The van der Waals surface area contributed by atoms with Crippen LogP contribution in [0.15, 0.2) is 61.2 Å². The zero-order valence-electron chi connectivity index (χ0n) is 14.8. The third-order valence-electron chi connectivity index (χ3n) is 4.35. The van der Waals surface area contributed by atoms with Crippen molar-refractivity contribution in [2.45, 2.75) is 27.4 Å². The number of ether oxygens (including phenoxy) is 1. The molecule has 0 aliphatic heterocycles. The fourth-order valence-electron chi connectivity index (χ4n) is 1.96. The van der Waals surface area contributed by atoms with E-state index in [4.69, 9.17) is 10.5 Å². The van der Waals surface area contributed by atoms with Crippen molar-refractivity contribution >= 4 is 11.8 Å². The molecule has 0 bridgehead atoms. The minimum absolute atomic E-state index is 0.0755. The van der Waals surface area contributed by atoms with Crippen LogP contribution in [0.1, 0.15) is 26.3 Å². The molecule has 0 fully saturated rings. The van der Waals surface area contributed by atoms with E-state index in [0.717, 1.165) is 11.1 Å². The summed E-state index contributed by atoms with van der Waals surface area (Å²) in [7, 11) is 0. The number of anilines is 1. The molecule has 1 unspecified atom stereocenters. The van der Waals surface area contributed by atoms with Gasteiger partial charge in [0.15, 0.2) is 0 Å². The molecular formula is C20H28N2O2. The molecule has 4 heteroatoms. The number of carbonyl (C=O) groups excluding carboxylic acids is 1. The molecule has 0 aromatic heterocycles. The second-order valence-corrected chi connectivity index (χ2v) is 6.37. The molecule has 1 rings (SSSR count). The first-order valence-electron chi connectivity index (χ1n) is 8.01. The number of amides is 1. The number of nitrogens with one attached hydrogen (secondary N) is 1.